The summed E-state index contributed by atoms with van der Waals surface area (Å²) in [5.41, 5.74) is 1.11. The number of para-hydroxylation sites is 1. The second kappa shape index (κ2) is 12.4. The molecule has 2 aromatic carbocycles. The fraction of sp³-hybridized carbons (Fsp3) is 0.333. The average Bonchev–Trinajstić information content (AvgIpc) is 2.82. The molecule has 0 saturated heterocycles. The molecule has 2 aromatic rings. The Morgan fingerprint density at radius 3 is 2.36 bits per heavy atom. The van der Waals surface area contributed by atoms with Crippen molar-refractivity contribution in [2.24, 2.45) is 0 Å². The van der Waals surface area contributed by atoms with E-state index in [2.05, 4.69) is 16.6 Å². The Morgan fingerprint density at radius 2 is 1.78 bits per heavy atom. The van der Waals surface area contributed by atoms with Gasteiger partial charge in [0.15, 0.2) is 0 Å². The van der Waals surface area contributed by atoms with E-state index >= 15 is 0 Å². The Hall–Kier alpha value is -4.34. The first-order chi connectivity index (χ1) is 17.0. The van der Waals surface area contributed by atoms with Crippen molar-refractivity contribution < 1.29 is 24.2 Å². The lowest BCUT2D eigenvalue weighted by molar-refractivity contribution is -0.140. The Bertz CT molecular complexity index is 1190. The topological polar surface area (TPSA) is 132 Å². The minimum Gasteiger partial charge on any atom is -0.444 e. The molecule has 0 aromatic heterocycles. The Morgan fingerprint density at radius 1 is 1.14 bits per heavy atom. The van der Waals surface area contributed by atoms with E-state index < -0.39 is 48.7 Å². The number of nitriles is 1. The summed E-state index contributed by atoms with van der Waals surface area (Å²) in [6.07, 6.45) is 4.73. The number of aryl methyl sites for hydroxylation is 1. The lowest BCUT2D eigenvalue weighted by atomic mass is 9.97. The number of nitrogens with one attached hydrogen (secondary N) is 2. The van der Waals surface area contributed by atoms with Crippen LogP contribution in [-0.2, 0) is 14.3 Å². The van der Waals surface area contributed by atoms with Gasteiger partial charge in [0, 0.05) is 11.3 Å². The molecule has 188 valence electrons. The molecule has 0 spiro atoms. The fourth-order valence-electron chi connectivity index (χ4n) is 3.44. The van der Waals surface area contributed by atoms with Gasteiger partial charge in [-0.3, -0.25) is 9.59 Å². The molecule has 2 rings (SSSR count). The molecule has 0 bridgehead atoms. The van der Waals surface area contributed by atoms with Gasteiger partial charge in [0.25, 0.3) is 5.91 Å². The van der Waals surface area contributed by atoms with Crippen molar-refractivity contribution in [1.82, 2.24) is 10.2 Å². The lowest BCUT2D eigenvalue weighted by Gasteiger charge is -2.33. The number of nitrogens with zero attached hydrogens (tertiary/aromatic N) is 2. The molecule has 36 heavy (non-hydrogen) atoms. The zero-order valence-electron chi connectivity index (χ0n) is 20.7. The quantitative estimate of drug-likeness (QED) is 0.385. The predicted octanol–water partition coefficient (Wildman–Crippen LogP) is 2.89. The van der Waals surface area contributed by atoms with Crippen LogP contribution in [0.1, 0.15) is 43.5 Å². The van der Waals surface area contributed by atoms with E-state index in [1.165, 1.54) is 0 Å². The van der Waals surface area contributed by atoms with Crippen molar-refractivity contribution in [3.05, 3.63) is 65.2 Å². The molecule has 2 atom stereocenters. The maximum absolute atomic E-state index is 13.6. The molecule has 9 heteroatoms. The number of aliphatic hydroxyl groups excluding tert-OH is 1. The summed E-state index contributed by atoms with van der Waals surface area (Å²) in [6.45, 7) is 5.44. The molecule has 0 radical (unpaired) electrons. The van der Waals surface area contributed by atoms with Crippen LogP contribution < -0.4 is 10.6 Å². The first-order valence-corrected chi connectivity index (χ1v) is 11.2. The maximum Gasteiger partial charge on any atom is 0.408 e. The molecular formula is C27H30N4O5. The molecule has 0 aliphatic heterocycles. The highest BCUT2D eigenvalue weighted by atomic mass is 16.6. The number of benzene rings is 2. The Labute approximate surface area is 211 Å². The van der Waals surface area contributed by atoms with Gasteiger partial charge in [0.1, 0.15) is 24.2 Å². The zero-order valence-corrected chi connectivity index (χ0v) is 20.7. The molecular weight excluding hydrogens is 460 g/mol. The summed E-state index contributed by atoms with van der Waals surface area (Å²) >= 11 is 0. The van der Waals surface area contributed by atoms with Crippen molar-refractivity contribution in [3.63, 3.8) is 0 Å². The average molecular weight is 491 g/mol. The number of anilines is 1. The Balaban J connectivity index is 2.52. The van der Waals surface area contributed by atoms with Crippen LogP contribution in [0.4, 0.5) is 10.5 Å². The number of carbonyl (C=O) groups excluding carboxylic acids is 3. The third kappa shape index (κ3) is 7.33. The van der Waals surface area contributed by atoms with Crippen molar-refractivity contribution in [2.75, 3.05) is 18.5 Å². The lowest BCUT2D eigenvalue weighted by Crippen LogP contribution is -2.54. The number of rotatable bonds is 8. The van der Waals surface area contributed by atoms with Crippen molar-refractivity contribution in [2.45, 2.75) is 45.4 Å². The molecule has 0 aliphatic rings. The van der Waals surface area contributed by atoms with E-state index in [0.29, 0.717) is 16.8 Å². The van der Waals surface area contributed by atoms with Crippen LogP contribution in [0.25, 0.3) is 0 Å². The van der Waals surface area contributed by atoms with E-state index in [4.69, 9.17) is 11.2 Å². The zero-order chi connectivity index (χ0) is 26.9. The maximum atomic E-state index is 13.6. The van der Waals surface area contributed by atoms with E-state index in [9.17, 15) is 24.8 Å². The number of hydrogen-bond donors (Lipinski definition) is 3. The molecule has 0 heterocycles. The highest BCUT2D eigenvalue weighted by molar-refractivity contribution is 5.99. The van der Waals surface area contributed by atoms with Gasteiger partial charge < -0.3 is 25.4 Å². The van der Waals surface area contributed by atoms with Crippen LogP contribution in [0.5, 0.6) is 0 Å². The smallest absolute Gasteiger partial charge is 0.408 e. The van der Waals surface area contributed by atoms with Crippen LogP contribution in [-0.4, -0.2) is 52.7 Å². The van der Waals surface area contributed by atoms with Gasteiger partial charge in [0.05, 0.1) is 12.7 Å². The highest BCUT2D eigenvalue weighted by Gasteiger charge is 2.37. The largest absolute Gasteiger partial charge is 0.444 e. The third-order valence-electron chi connectivity index (χ3n) is 5.07. The van der Waals surface area contributed by atoms with Gasteiger partial charge in [-0.2, -0.15) is 5.26 Å². The second-order valence-corrected chi connectivity index (χ2v) is 8.94. The van der Waals surface area contributed by atoms with Crippen LogP contribution in [0.2, 0.25) is 0 Å². The molecule has 3 N–H and O–H groups in total. The minimum atomic E-state index is -1.47. The number of hydrogen-bond acceptors (Lipinski definition) is 6. The van der Waals surface area contributed by atoms with E-state index in [-0.39, 0.29) is 0 Å². The Kier molecular flexibility index (Phi) is 9.60. The first-order valence-electron chi connectivity index (χ1n) is 11.2. The highest BCUT2D eigenvalue weighted by Crippen LogP contribution is 2.27. The van der Waals surface area contributed by atoms with Crippen LogP contribution in [0.3, 0.4) is 0 Å². The normalized spacial score (nSPS) is 12.3. The number of terminal acetylenes is 1. The van der Waals surface area contributed by atoms with E-state index in [0.717, 1.165) is 10.5 Å². The summed E-state index contributed by atoms with van der Waals surface area (Å²) in [5, 5.41) is 24.5. The summed E-state index contributed by atoms with van der Waals surface area (Å²) < 4.78 is 5.18. The number of ether oxygens (including phenoxy) is 1. The van der Waals surface area contributed by atoms with Gasteiger partial charge in [0.2, 0.25) is 5.91 Å². The summed E-state index contributed by atoms with van der Waals surface area (Å²) in [5.74, 6) is 1.02. The number of carbonyl (C=O) groups is 3. The molecule has 9 nitrogen and oxygen atoms in total. The summed E-state index contributed by atoms with van der Waals surface area (Å²) in [4.78, 5) is 40.4. The van der Waals surface area contributed by atoms with Crippen LogP contribution in [0, 0.1) is 30.6 Å². The van der Waals surface area contributed by atoms with Gasteiger partial charge in [-0.25, -0.2) is 4.79 Å². The van der Waals surface area contributed by atoms with Crippen molar-refractivity contribution in [1.29, 1.82) is 5.26 Å². The minimum absolute atomic E-state index is 0.309. The molecule has 3 amide bonds. The van der Waals surface area contributed by atoms with Gasteiger partial charge in [-0.1, -0.05) is 42.3 Å². The summed E-state index contributed by atoms with van der Waals surface area (Å²) in [7, 11) is 0. The molecule has 0 fully saturated rings. The van der Waals surface area contributed by atoms with Gasteiger partial charge >= 0.3 is 6.09 Å². The van der Waals surface area contributed by atoms with Crippen LogP contribution in [0.15, 0.2) is 48.5 Å². The fourth-order valence-corrected chi connectivity index (χ4v) is 3.44. The predicted molar refractivity (Wildman–Crippen MR) is 134 cm³/mol. The SMILES string of the molecule is C#Cc1ccccc1C(C(=O)Nc1ccccc1C)N(CC#N)C(=O)C(CO)NC(=O)OC(C)(C)C. The standard InChI is InChI=1S/C27H30N4O5/c1-6-19-12-8-9-13-20(19)23(24(33)29-21-14-10-7-11-18(21)2)31(16-15-28)25(34)22(17-32)30-26(35)36-27(3,4)5/h1,7-14,22-23,32H,16-17H2,2-5H3,(H,29,33)(H,30,35). The molecule has 0 aliphatic carbocycles. The van der Waals surface area contributed by atoms with Crippen LogP contribution >= 0.6 is 0 Å². The molecule has 2 unspecified atom stereocenters. The third-order valence-corrected chi connectivity index (χ3v) is 5.07. The molecule has 0 saturated carbocycles. The number of alkyl carbamates (subject to hydrolysis) is 1. The first kappa shape index (κ1) is 27.9. The number of aliphatic hydroxyl groups is 1. The number of amides is 3. The second-order valence-electron chi connectivity index (χ2n) is 8.94. The van der Waals surface area contributed by atoms with Gasteiger partial charge in [-0.05, 0) is 51.0 Å². The van der Waals surface area contributed by atoms with E-state index in [1.54, 1.807) is 57.2 Å². The van der Waals surface area contributed by atoms with Gasteiger partial charge in [-0.15, -0.1) is 6.42 Å². The van der Waals surface area contributed by atoms with E-state index in [1.807, 2.05) is 25.1 Å². The van der Waals surface area contributed by atoms with Crippen molar-refractivity contribution in [3.8, 4) is 18.4 Å². The van der Waals surface area contributed by atoms with Crippen molar-refractivity contribution >= 4 is 23.6 Å². The summed E-state index contributed by atoms with van der Waals surface area (Å²) in [6, 6.07) is 12.7. The monoisotopic (exact) mass is 490 g/mol.